The van der Waals surface area contributed by atoms with Gasteiger partial charge in [-0.05, 0) is 25.1 Å². The van der Waals surface area contributed by atoms with Gasteiger partial charge in [-0.15, -0.1) is 0 Å². The third-order valence-corrected chi connectivity index (χ3v) is 6.94. The van der Waals surface area contributed by atoms with Crippen LogP contribution in [-0.4, -0.2) is 19.9 Å². The average molecular weight is 501 g/mol. The van der Waals surface area contributed by atoms with Gasteiger partial charge >= 0.3 is 0 Å². The van der Waals surface area contributed by atoms with Gasteiger partial charge < -0.3 is 0 Å². The Labute approximate surface area is 226 Å². The van der Waals surface area contributed by atoms with E-state index in [1.165, 1.54) is 0 Å². The van der Waals surface area contributed by atoms with Gasteiger partial charge in [0.2, 0.25) is 0 Å². The van der Waals surface area contributed by atoms with E-state index >= 15 is 0 Å². The van der Waals surface area contributed by atoms with E-state index < -0.39 is 0 Å². The van der Waals surface area contributed by atoms with Crippen LogP contribution in [0.4, 0.5) is 0 Å². The summed E-state index contributed by atoms with van der Waals surface area (Å²) in [5.74, 6) is 0.671. The number of aromatic nitrogens is 4. The topological polar surface area (TPSA) is 51.6 Å². The maximum absolute atomic E-state index is 5.08. The van der Waals surface area contributed by atoms with Gasteiger partial charge in [0.15, 0.2) is 5.82 Å². The van der Waals surface area contributed by atoms with Crippen molar-refractivity contribution in [3.63, 3.8) is 0 Å². The van der Waals surface area contributed by atoms with E-state index in [2.05, 4.69) is 72.8 Å². The van der Waals surface area contributed by atoms with E-state index in [1.54, 1.807) is 0 Å². The van der Waals surface area contributed by atoms with E-state index in [1.807, 2.05) is 61.5 Å². The molecular weight excluding hydrogens is 476 g/mol. The molecule has 3 aromatic heterocycles. The van der Waals surface area contributed by atoms with Crippen LogP contribution in [0.15, 0.2) is 127 Å². The van der Waals surface area contributed by atoms with Crippen molar-refractivity contribution in [3.05, 3.63) is 133 Å². The summed E-state index contributed by atoms with van der Waals surface area (Å²) >= 11 is 0. The highest BCUT2D eigenvalue weighted by atomic mass is 14.9. The van der Waals surface area contributed by atoms with Crippen LogP contribution < -0.4 is 0 Å². The largest absolute Gasteiger partial charge is 0.251 e. The molecule has 4 aromatic carbocycles. The second-order valence-electron chi connectivity index (χ2n) is 9.60. The minimum Gasteiger partial charge on any atom is -0.251 e. The molecule has 0 aliphatic heterocycles. The van der Waals surface area contributed by atoms with Crippen LogP contribution in [-0.2, 0) is 0 Å². The molecule has 0 spiro atoms. The van der Waals surface area contributed by atoms with Gasteiger partial charge in [0.25, 0.3) is 0 Å². The van der Waals surface area contributed by atoms with E-state index in [0.717, 1.165) is 66.8 Å². The zero-order valence-electron chi connectivity index (χ0n) is 21.4. The van der Waals surface area contributed by atoms with E-state index in [0.29, 0.717) is 5.82 Å². The number of hydrogen-bond donors (Lipinski definition) is 0. The number of pyridine rings is 2. The average Bonchev–Trinajstić information content (AvgIpc) is 3.01. The molecular formula is C35H24N4. The monoisotopic (exact) mass is 500 g/mol. The maximum atomic E-state index is 5.08. The fraction of sp³-hybridized carbons (Fsp3) is 0.0286. The van der Waals surface area contributed by atoms with Crippen molar-refractivity contribution in [2.45, 2.75) is 6.92 Å². The molecule has 39 heavy (non-hydrogen) atoms. The molecule has 184 valence electrons. The van der Waals surface area contributed by atoms with Crippen molar-refractivity contribution in [1.82, 2.24) is 19.9 Å². The quantitative estimate of drug-likeness (QED) is 0.227. The van der Waals surface area contributed by atoms with Crippen molar-refractivity contribution in [2.24, 2.45) is 0 Å². The molecule has 7 aromatic rings. The first-order chi connectivity index (χ1) is 19.2. The highest BCUT2D eigenvalue weighted by molar-refractivity contribution is 6.08. The van der Waals surface area contributed by atoms with E-state index in [9.17, 15) is 0 Å². The number of rotatable bonds is 4. The molecule has 4 nitrogen and oxygen atoms in total. The normalized spacial score (nSPS) is 11.2. The molecule has 0 saturated heterocycles. The third kappa shape index (κ3) is 4.32. The van der Waals surface area contributed by atoms with Gasteiger partial charge in [0, 0.05) is 38.7 Å². The van der Waals surface area contributed by atoms with Crippen molar-refractivity contribution in [3.8, 4) is 45.2 Å². The lowest BCUT2D eigenvalue weighted by molar-refractivity contribution is 1.17. The Bertz CT molecular complexity index is 1890. The molecule has 0 fully saturated rings. The lowest BCUT2D eigenvalue weighted by atomic mass is 10.0. The SMILES string of the molecule is Cc1cc(-c2nc(-c3ccccc3)cc(-c3ccccc3)n2)c2ccc3ccc(-c4ccccc4)nc3c2n1. The molecule has 0 N–H and O–H groups in total. The summed E-state index contributed by atoms with van der Waals surface area (Å²) in [5, 5.41) is 2.03. The number of fused-ring (bicyclic) bond motifs is 3. The number of hydrogen-bond acceptors (Lipinski definition) is 4. The fourth-order valence-electron chi connectivity index (χ4n) is 5.04. The summed E-state index contributed by atoms with van der Waals surface area (Å²) in [7, 11) is 0. The first-order valence-corrected chi connectivity index (χ1v) is 13.0. The van der Waals surface area contributed by atoms with Crippen molar-refractivity contribution in [2.75, 3.05) is 0 Å². The first kappa shape index (κ1) is 22.9. The third-order valence-electron chi connectivity index (χ3n) is 6.94. The first-order valence-electron chi connectivity index (χ1n) is 13.0. The Morgan fingerprint density at radius 3 is 1.56 bits per heavy atom. The van der Waals surface area contributed by atoms with Crippen LogP contribution >= 0.6 is 0 Å². The van der Waals surface area contributed by atoms with Crippen molar-refractivity contribution < 1.29 is 0 Å². The van der Waals surface area contributed by atoms with Crippen LogP contribution in [0, 0.1) is 6.92 Å². The molecule has 0 amide bonds. The standard InChI is InChI=1S/C35H24N4/c1-23-21-29(28-19-17-27-18-20-30(24-11-5-2-6-12-24)37-33(27)34(28)36-23)35-38-31(25-13-7-3-8-14-25)22-32(39-35)26-15-9-4-10-16-26/h2-22H,1H3. The van der Waals surface area contributed by atoms with Crippen LogP contribution in [0.25, 0.3) is 67.0 Å². The molecule has 0 bridgehead atoms. The Hall–Kier alpha value is -5.22. The van der Waals surface area contributed by atoms with Gasteiger partial charge in [-0.1, -0.05) is 109 Å². The molecule has 3 heterocycles. The second-order valence-corrected chi connectivity index (χ2v) is 9.60. The number of benzene rings is 4. The highest BCUT2D eigenvalue weighted by Gasteiger charge is 2.16. The van der Waals surface area contributed by atoms with Crippen LogP contribution in [0.5, 0.6) is 0 Å². The summed E-state index contributed by atoms with van der Waals surface area (Å²) in [6.07, 6.45) is 0. The van der Waals surface area contributed by atoms with Gasteiger partial charge in [-0.2, -0.15) is 0 Å². The lowest BCUT2D eigenvalue weighted by Gasteiger charge is -2.13. The summed E-state index contributed by atoms with van der Waals surface area (Å²) < 4.78 is 0. The zero-order valence-corrected chi connectivity index (χ0v) is 21.4. The number of aryl methyl sites for hydroxylation is 1. The molecule has 4 heteroatoms. The second kappa shape index (κ2) is 9.58. The Kier molecular flexibility index (Phi) is 5.64. The minimum atomic E-state index is 0.671. The summed E-state index contributed by atoms with van der Waals surface area (Å²) in [5.41, 5.74) is 9.44. The van der Waals surface area contributed by atoms with Gasteiger partial charge in [-0.3, -0.25) is 4.98 Å². The molecule has 7 rings (SSSR count). The number of nitrogens with zero attached hydrogens (tertiary/aromatic N) is 4. The maximum Gasteiger partial charge on any atom is 0.161 e. The molecule has 0 unspecified atom stereocenters. The van der Waals surface area contributed by atoms with Gasteiger partial charge in [0.1, 0.15) is 0 Å². The molecule has 0 radical (unpaired) electrons. The molecule has 0 aliphatic rings. The van der Waals surface area contributed by atoms with Crippen LogP contribution in [0.3, 0.4) is 0 Å². The Morgan fingerprint density at radius 2 is 0.974 bits per heavy atom. The van der Waals surface area contributed by atoms with E-state index in [4.69, 9.17) is 19.9 Å². The minimum absolute atomic E-state index is 0.671. The zero-order chi connectivity index (χ0) is 26.2. The molecule has 0 atom stereocenters. The summed E-state index contributed by atoms with van der Waals surface area (Å²) in [6.45, 7) is 2.02. The molecule has 0 saturated carbocycles. The predicted octanol–water partition coefficient (Wildman–Crippen LogP) is 8.55. The van der Waals surface area contributed by atoms with Crippen molar-refractivity contribution >= 4 is 21.8 Å². The van der Waals surface area contributed by atoms with E-state index in [-0.39, 0.29) is 0 Å². The molecule has 0 aliphatic carbocycles. The Balaban J connectivity index is 1.49. The van der Waals surface area contributed by atoms with Gasteiger partial charge in [0.05, 0.1) is 28.1 Å². The van der Waals surface area contributed by atoms with Gasteiger partial charge in [-0.25, -0.2) is 15.0 Å². The predicted molar refractivity (Wildman–Crippen MR) is 159 cm³/mol. The smallest absolute Gasteiger partial charge is 0.161 e. The van der Waals surface area contributed by atoms with Crippen molar-refractivity contribution in [1.29, 1.82) is 0 Å². The fourth-order valence-corrected chi connectivity index (χ4v) is 5.04. The summed E-state index contributed by atoms with van der Waals surface area (Å²) in [4.78, 5) is 20.2. The Morgan fingerprint density at radius 1 is 0.436 bits per heavy atom. The highest BCUT2D eigenvalue weighted by Crippen LogP contribution is 2.34. The van der Waals surface area contributed by atoms with Crippen LogP contribution in [0.2, 0.25) is 0 Å². The van der Waals surface area contributed by atoms with Crippen LogP contribution in [0.1, 0.15) is 5.69 Å². The summed E-state index contributed by atoms with van der Waals surface area (Å²) in [6, 6.07) is 43.3. The lowest BCUT2D eigenvalue weighted by Crippen LogP contribution is -1.98.